The number of alkyl halides is 3. The molecular weight excluding hydrogens is 521 g/mol. The molecule has 1 aliphatic heterocycles. The van der Waals surface area contributed by atoms with Gasteiger partial charge in [0, 0.05) is 54.0 Å². The Kier molecular flexibility index (Phi) is 6.81. The Bertz CT molecular complexity index is 1540. The highest BCUT2D eigenvalue weighted by atomic mass is 19.4. The summed E-state index contributed by atoms with van der Waals surface area (Å²) in [5.74, 6) is 0.234. The summed E-state index contributed by atoms with van der Waals surface area (Å²) in [5, 5.41) is 10.6. The van der Waals surface area contributed by atoms with Crippen LogP contribution in [0, 0.1) is 12.8 Å². The minimum absolute atomic E-state index is 0.0633. The fraction of sp³-hybridized carbons (Fsp3) is 0.379. The monoisotopic (exact) mass is 550 g/mol. The number of halogens is 3. The number of ether oxygens (including phenoxy) is 1. The smallest absolute Gasteiger partial charge is 0.390 e. The molecule has 0 bridgehead atoms. The first-order chi connectivity index (χ1) is 19.2. The Balaban J connectivity index is 1.34. The Morgan fingerprint density at radius 3 is 2.80 bits per heavy atom. The summed E-state index contributed by atoms with van der Waals surface area (Å²) in [6.45, 7) is 1.56. The van der Waals surface area contributed by atoms with Crippen molar-refractivity contribution >= 4 is 23.0 Å². The van der Waals surface area contributed by atoms with E-state index in [0.717, 1.165) is 36.1 Å². The van der Waals surface area contributed by atoms with Crippen LogP contribution in [0.4, 0.5) is 18.9 Å². The number of carbonyl (C=O) groups is 1. The van der Waals surface area contributed by atoms with Crippen LogP contribution in [-0.2, 0) is 0 Å². The first-order valence-electron chi connectivity index (χ1n) is 13.4. The number of hydrogen-bond donors (Lipinski definition) is 2. The molecule has 1 fully saturated rings. The van der Waals surface area contributed by atoms with Crippen molar-refractivity contribution in [3.8, 4) is 17.1 Å². The molecule has 0 saturated heterocycles. The number of fused-ring (bicyclic) bond motifs is 2. The van der Waals surface area contributed by atoms with Gasteiger partial charge in [0.25, 0.3) is 5.91 Å². The van der Waals surface area contributed by atoms with Crippen LogP contribution in [0.2, 0.25) is 0 Å². The first kappa shape index (κ1) is 26.1. The minimum Gasteiger partial charge on any atom is -0.472 e. The van der Waals surface area contributed by atoms with E-state index in [2.05, 4.69) is 20.6 Å². The highest BCUT2D eigenvalue weighted by molar-refractivity contribution is 5.99. The number of amides is 1. The lowest BCUT2D eigenvalue weighted by atomic mass is 9.85. The topological polar surface area (TPSA) is 92.9 Å². The van der Waals surface area contributed by atoms with E-state index in [4.69, 9.17) is 9.84 Å². The van der Waals surface area contributed by atoms with Gasteiger partial charge in [0.05, 0.1) is 24.0 Å². The van der Waals surface area contributed by atoms with Gasteiger partial charge in [0.1, 0.15) is 6.10 Å². The third kappa shape index (κ3) is 5.59. The van der Waals surface area contributed by atoms with Gasteiger partial charge in [-0.1, -0.05) is 18.2 Å². The van der Waals surface area contributed by atoms with Crippen molar-refractivity contribution < 1.29 is 22.7 Å². The molecule has 1 aromatic carbocycles. The van der Waals surface area contributed by atoms with Gasteiger partial charge in [-0.25, -0.2) is 9.50 Å². The average Bonchev–Trinajstić information content (AvgIpc) is 3.63. The molecule has 3 aliphatic rings. The fourth-order valence-electron chi connectivity index (χ4n) is 5.08. The quantitative estimate of drug-likeness (QED) is 0.379. The molecule has 2 aliphatic carbocycles. The van der Waals surface area contributed by atoms with Gasteiger partial charge >= 0.3 is 6.18 Å². The van der Waals surface area contributed by atoms with Gasteiger partial charge in [-0.05, 0) is 50.0 Å². The zero-order valence-electron chi connectivity index (χ0n) is 21.9. The normalized spacial score (nSPS) is 20.2. The number of aryl methyl sites for hydroxylation is 1. The predicted octanol–water partition coefficient (Wildman–Crippen LogP) is 5.64. The maximum atomic E-state index is 12.9. The lowest BCUT2D eigenvalue weighted by Gasteiger charge is -2.30. The summed E-state index contributed by atoms with van der Waals surface area (Å²) < 4.78 is 46.6. The van der Waals surface area contributed by atoms with Crippen molar-refractivity contribution in [2.45, 2.75) is 57.3 Å². The van der Waals surface area contributed by atoms with Crippen LogP contribution in [0.25, 0.3) is 16.9 Å². The second kappa shape index (κ2) is 10.4. The van der Waals surface area contributed by atoms with E-state index in [1.165, 1.54) is 0 Å². The Hall–Kier alpha value is -4.15. The molecule has 40 heavy (non-hydrogen) atoms. The summed E-state index contributed by atoms with van der Waals surface area (Å²) in [4.78, 5) is 21.5. The molecule has 208 valence electrons. The van der Waals surface area contributed by atoms with Gasteiger partial charge < -0.3 is 15.4 Å². The van der Waals surface area contributed by atoms with Crippen molar-refractivity contribution in [3.05, 3.63) is 66.0 Å². The van der Waals surface area contributed by atoms with E-state index in [-0.39, 0.29) is 36.4 Å². The largest absolute Gasteiger partial charge is 0.472 e. The van der Waals surface area contributed by atoms with E-state index < -0.39 is 12.6 Å². The van der Waals surface area contributed by atoms with E-state index in [1.807, 2.05) is 37.3 Å². The number of rotatable bonds is 8. The van der Waals surface area contributed by atoms with Crippen molar-refractivity contribution in [2.24, 2.45) is 10.9 Å². The van der Waals surface area contributed by atoms with Crippen molar-refractivity contribution in [1.82, 2.24) is 19.9 Å². The predicted molar refractivity (Wildman–Crippen MR) is 146 cm³/mol. The van der Waals surface area contributed by atoms with Crippen LogP contribution in [0.15, 0.2) is 59.9 Å². The Morgan fingerprint density at radius 2 is 2.02 bits per heavy atom. The summed E-state index contributed by atoms with van der Waals surface area (Å²) >= 11 is 0. The molecule has 3 heterocycles. The molecule has 2 unspecified atom stereocenters. The van der Waals surface area contributed by atoms with Crippen LogP contribution in [0.1, 0.15) is 48.0 Å². The highest BCUT2D eigenvalue weighted by Crippen LogP contribution is 2.32. The van der Waals surface area contributed by atoms with Crippen LogP contribution >= 0.6 is 0 Å². The van der Waals surface area contributed by atoms with Crippen molar-refractivity contribution in [3.63, 3.8) is 0 Å². The number of imidazole rings is 1. The number of anilines is 1. The van der Waals surface area contributed by atoms with Crippen molar-refractivity contribution in [1.29, 1.82) is 0 Å². The molecule has 0 spiro atoms. The Labute approximate surface area is 229 Å². The molecule has 11 heteroatoms. The lowest BCUT2D eigenvalue weighted by Crippen LogP contribution is -2.35. The lowest BCUT2D eigenvalue weighted by molar-refractivity contribution is -0.131. The molecule has 2 atom stereocenters. The highest BCUT2D eigenvalue weighted by Gasteiger charge is 2.31. The standard InChI is InChI=1S/C29H29F3N6O2/c1-17-14-18(7-10-20(17)28(39)36-19-8-9-19)24-16-35-27-23(34-13-11-29(30,31)32)15-26(37-38(24)27)40-25-6-2-5-22-21(25)4-3-12-33-22/h2-3,5,7,10,12,14-16,19,21,25,34H,4,6,8-9,11,13H2,1H3,(H,36,39). The van der Waals surface area contributed by atoms with E-state index in [9.17, 15) is 18.0 Å². The number of nitrogens with one attached hydrogen (secondary N) is 2. The zero-order chi connectivity index (χ0) is 27.9. The van der Waals surface area contributed by atoms with Gasteiger partial charge in [0.2, 0.25) is 5.88 Å². The van der Waals surface area contributed by atoms with Crippen LogP contribution in [-0.4, -0.2) is 51.1 Å². The summed E-state index contributed by atoms with van der Waals surface area (Å²) in [5.41, 5.74) is 4.50. The maximum Gasteiger partial charge on any atom is 0.390 e. The number of benzene rings is 1. The molecule has 3 aromatic rings. The van der Waals surface area contributed by atoms with Gasteiger partial charge in [0.15, 0.2) is 5.65 Å². The fourth-order valence-corrected chi connectivity index (χ4v) is 5.08. The third-order valence-corrected chi connectivity index (χ3v) is 7.33. The molecule has 1 amide bonds. The van der Waals surface area contributed by atoms with Crippen LogP contribution in [0.3, 0.4) is 0 Å². The summed E-state index contributed by atoms with van der Waals surface area (Å²) in [6, 6.07) is 7.35. The number of hydrogen-bond acceptors (Lipinski definition) is 6. The molecule has 0 radical (unpaired) electrons. The molecule has 2 N–H and O–H groups in total. The molecule has 6 rings (SSSR count). The van der Waals surface area contributed by atoms with Crippen molar-refractivity contribution in [2.75, 3.05) is 11.9 Å². The number of carbonyl (C=O) groups excluding carboxylic acids is 1. The van der Waals surface area contributed by atoms with E-state index >= 15 is 0 Å². The summed E-state index contributed by atoms with van der Waals surface area (Å²) in [7, 11) is 0. The maximum absolute atomic E-state index is 12.9. The average molecular weight is 551 g/mol. The second-order valence-electron chi connectivity index (χ2n) is 10.4. The number of nitrogens with zero attached hydrogens (tertiary/aromatic N) is 4. The van der Waals surface area contributed by atoms with E-state index in [0.29, 0.717) is 29.0 Å². The third-order valence-electron chi connectivity index (χ3n) is 7.33. The number of allylic oxidation sites excluding steroid dienone is 2. The van der Waals surface area contributed by atoms with E-state index in [1.54, 1.807) is 29.0 Å². The van der Waals surface area contributed by atoms with Gasteiger partial charge in [-0.15, -0.1) is 5.10 Å². The first-order valence-corrected chi connectivity index (χ1v) is 13.4. The molecular formula is C29H29F3N6O2. The minimum atomic E-state index is -4.29. The van der Waals surface area contributed by atoms with Crippen LogP contribution in [0.5, 0.6) is 5.88 Å². The molecule has 8 nitrogen and oxygen atoms in total. The van der Waals surface area contributed by atoms with Crippen LogP contribution < -0.4 is 15.4 Å². The Morgan fingerprint density at radius 1 is 1.18 bits per heavy atom. The number of aliphatic imine (C=N–C) groups is 1. The van der Waals surface area contributed by atoms with Gasteiger partial charge in [-0.3, -0.25) is 9.79 Å². The second-order valence-corrected chi connectivity index (χ2v) is 10.4. The SMILES string of the molecule is Cc1cc(-c2cnc3c(NCCC(F)(F)F)cc(OC4CC=CC5=NC=CCC54)nn23)ccc1C(=O)NC1CC1. The zero-order valence-corrected chi connectivity index (χ0v) is 21.9. The number of aromatic nitrogens is 3. The van der Waals surface area contributed by atoms with Gasteiger partial charge in [-0.2, -0.15) is 13.2 Å². The summed E-state index contributed by atoms with van der Waals surface area (Å²) in [6.07, 6.45) is 7.35. The molecule has 1 saturated carbocycles. The molecule has 2 aromatic heterocycles.